The van der Waals surface area contributed by atoms with Gasteiger partial charge in [0.1, 0.15) is 12.4 Å². The second kappa shape index (κ2) is 9.76. The fraction of sp³-hybridized carbons (Fsp3) is 0.154. The third kappa shape index (κ3) is 5.50. The van der Waals surface area contributed by atoms with Gasteiger partial charge in [-0.3, -0.25) is 4.79 Å². The maximum atomic E-state index is 12.4. The topological polar surface area (TPSA) is 50.7 Å². The SMILES string of the molecule is Cc1cccc(COc2ccc(/C=C3\SC(=Nc4cc(C)c(Br)c(C)c4)NC3=O)cc2)c1. The summed E-state index contributed by atoms with van der Waals surface area (Å²) in [6.45, 7) is 6.65. The second-order valence-corrected chi connectivity index (χ2v) is 9.55. The number of carbonyl (C=O) groups excluding carboxylic acids is 1. The molecule has 0 aromatic heterocycles. The van der Waals surface area contributed by atoms with Crippen LogP contribution >= 0.6 is 27.7 Å². The molecule has 0 bridgehead atoms. The van der Waals surface area contributed by atoms with Gasteiger partial charge in [-0.1, -0.05) is 57.9 Å². The Labute approximate surface area is 200 Å². The van der Waals surface area contributed by atoms with E-state index in [0.717, 1.165) is 38.2 Å². The lowest BCUT2D eigenvalue weighted by Crippen LogP contribution is -2.19. The maximum absolute atomic E-state index is 12.4. The Hall–Kier alpha value is -2.83. The summed E-state index contributed by atoms with van der Waals surface area (Å²) < 4.78 is 6.96. The highest BCUT2D eigenvalue weighted by Crippen LogP contribution is 2.31. The van der Waals surface area contributed by atoms with Crippen molar-refractivity contribution in [3.05, 3.63) is 97.9 Å². The molecule has 0 unspecified atom stereocenters. The number of aryl methyl sites for hydroxylation is 3. The molecular formula is C26H23BrN2O2S. The van der Waals surface area contributed by atoms with Crippen LogP contribution in [0, 0.1) is 20.8 Å². The lowest BCUT2D eigenvalue weighted by Gasteiger charge is -2.07. The minimum atomic E-state index is -0.140. The van der Waals surface area contributed by atoms with Crippen LogP contribution in [0.5, 0.6) is 5.75 Å². The third-order valence-electron chi connectivity index (χ3n) is 4.97. The molecular weight excluding hydrogens is 484 g/mol. The predicted octanol–water partition coefficient (Wildman–Crippen LogP) is 6.84. The summed E-state index contributed by atoms with van der Waals surface area (Å²) in [6.07, 6.45) is 1.87. The molecule has 1 fully saturated rings. The Morgan fingerprint density at radius 3 is 2.44 bits per heavy atom. The number of amidine groups is 1. The van der Waals surface area contributed by atoms with Gasteiger partial charge in [-0.2, -0.15) is 0 Å². The summed E-state index contributed by atoms with van der Waals surface area (Å²) in [7, 11) is 0. The number of rotatable bonds is 5. The number of thioether (sulfide) groups is 1. The molecule has 0 aliphatic carbocycles. The molecule has 0 spiro atoms. The number of nitrogens with one attached hydrogen (secondary N) is 1. The van der Waals surface area contributed by atoms with Crippen molar-refractivity contribution in [2.24, 2.45) is 4.99 Å². The third-order valence-corrected chi connectivity index (χ3v) is 7.13. The largest absolute Gasteiger partial charge is 0.489 e. The highest BCUT2D eigenvalue weighted by atomic mass is 79.9. The van der Waals surface area contributed by atoms with Crippen molar-refractivity contribution in [2.45, 2.75) is 27.4 Å². The van der Waals surface area contributed by atoms with Crippen LogP contribution in [-0.2, 0) is 11.4 Å². The summed E-state index contributed by atoms with van der Waals surface area (Å²) in [4.78, 5) is 17.6. The molecule has 1 N–H and O–H groups in total. The number of benzene rings is 3. The number of carbonyl (C=O) groups is 1. The zero-order chi connectivity index (χ0) is 22.7. The number of ether oxygens (including phenoxy) is 1. The minimum Gasteiger partial charge on any atom is -0.489 e. The van der Waals surface area contributed by atoms with Gasteiger partial charge >= 0.3 is 0 Å². The molecule has 1 saturated heterocycles. The predicted molar refractivity (Wildman–Crippen MR) is 136 cm³/mol. The summed E-state index contributed by atoms with van der Waals surface area (Å²) in [5, 5.41) is 3.43. The molecule has 3 aromatic rings. The van der Waals surface area contributed by atoms with E-state index in [4.69, 9.17) is 4.74 Å². The van der Waals surface area contributed by atoms with E-state index >= 15 is 0 Å². The van der Waals surface area contributed by atoms with Gasteiger partial charge < -0.3 is 10.1 Å². The average molecular weight is 507 g/mol. The van der Waals surface area contributed by atoms with Gasteiger partial charge in [0.25, 0.3) is 5.91 Å². The first-order valence-electron chi connectivity index (χ1n) is 10.2. The van der Waals surface area contributed by atoms with E-state index in [2.05, 4.69) is 51.4 Å². The van der Waals surface area contributed by atoms with E-state index in [1.54, 1.807) is 0 Å². The van der Waals surface area contributed by atoms with Gasteiger partial charge in [-0.15, -0.1) is 0 Å². The van der Waals surface area contributed by atoms with Gasteiger partial charge in [-0.25, -0.2) is 4.99 Å². The zero-order valence-corrected chi connectivity index (χ0v) is 20.5. The Kier molecular flexibility index (Phi) is 6.82. The Morgan fingerprint density at radius 2 is 1.75 bits per heavy atom. The summed E-state index contributed by atoms with van der Waals surface area (Å²) >= 11 is 4.91. The van der Waals surface area contributed by atoms with Crippen molar-refractivity contribution < 1.29 is 9.53 Å². The quantitative estimate of drug-likeness (QED) is 0.385. The highest BCUT2D eigenvalue weighted by Gasteiger charge is 2.23. The Balaban J connectivity index is 1.43. The second-order valence-electron chi connectivity index (χ2n) is 7.72. The molecule has 4 nitrogen and oxygen atoms in total. The number of halogens is 1. The lowest BCUT2D eigenvalue weighted by atomic mass is 10.1. The standard InChI is InChI=1S/C26H23BrN2O2S/c1-16-5-4-6-20(11-16)15-31-22-9-7-19(8-10-22)14-23-25(30)29-26(32-23)28-21-12-17(2)24(27)18(3)13-21/h4-14H,15H2,1-3H3,(H,28,29,30)/b23-14-. The number of hydrogen-bond donors (Lipinski definition) is 1. The molecule has 1 amide bonds. The molecule has 4 rings (SSSR count). The fourth-order valence-corrected chi connectivity index (χ4v) is 4.44. The van der Waals surface area contributed by atoms with Crippen molar-refractivity contribution in [3.63, 3.8) is 0 Å². The summed E-state index contributed by atoms with van der Waals surface area (Å²) in [6, 6.07) is 20.0. The highest BCUT2D eigenvalue weighted by molar-refractivity contribution is 9.10. The molecule has 1 aliphatic heterocycles. The van der Waals surface area contributed by atoms with Gasteiger partial charge in [0.2, 0.25) is 0 Å². The number of aliphatic imine (C=N–C) groups is 1. The molecule has 1 heterocycles. The molecule has 32 heavy (non-hydrogen) atoms. The number of nitrogens with zero attached hydrogens (tertiary/aromatic N) is 1. The summed E-state index contributed by atoms with van der Waals surface area (Å²) in [5.41, 5.74) is 6.33. The molecule has 0 atom stereocenters. The van der Waals surface area contributed by atoms with Crippen molar-refractivity contribution in [1.29, 1.82) is 0 Å². The normalized spacial score (nSPS) is 15.9. The Bertz CT molecular complexity index is 1210. The van der Waals surface area contributed by atoms with Gasteiger partial charge in [0.15, 0.2) is 5.17 Å². The average Bonchev–Trinajstić information content (AvgIpc) is 3.10. The molecule has 162 valence electrons. The van der Waals surface area contributed by atoms with Crippen LogP contribution in [0.15, 0.2) is 75.0 Å². The molecule has 3 aromatic carbocycles. The molecule has 0 radical (unpaired) electrons. The fourth-order valence-electron chi connectivity index (χ4n) is 3.37. The van der Waals surface area contributed by atoms with E-state index in [9.17, 15) is 4.79 Å². The van der Waals surface area contributed by atoms with E-state index in [1.165, 1.54) is 17.3 Å². The van der Waals surface area contributed by atoms with E-state index in [1.807, 2.05) is 62.4 Å². The maximum Gasteiger partial charge on any atom is 0.264 e. The van der Waals surface area contributed by atoms with Crippen LogP contribution in [-0.4, -0.2) is 11.1 Å². The number of hydrogen-bond acceptors (Lipinski definition) is 4. The summed E-state index contributed by atoms with van der Waals surface area (Å²) in [5.74, 6) is 0.652. The van der Waals surface area contributed by atoms with E-state index < -0.39 is 0 Å². The van der Waals surface area contributed by atoms with Gasteiger partial charge in [0, 0.05) is 4.47 Å². The van der Waals surface area contributed by atoms with Crippen molar-refractivity contribution in [3.8, 4) is 5.75 Å². The van der Waals surface area contributed by atoms with Crippen molar-refractivity contribution in [1.82, 2.24) is 5.32 Å². The molecule has 6 heteroatoms. The monoisotopic (exact) mass is 506 g/mol. The van der Waals surface area contributed by atoms with Crippen LogP contribution in [0.2, 0.25) is 0 Å². The first kappa shape index (κ1) is 22.4. The molecule has 0 saturated carbocycles. The zero-order valence-electron chi connectivity index (χ0n) is 18.1. The van der Waals surface area contributed by atoms with Crippen molar-refractivity contribution in [2.75, 3.05) is 0 Å². The van der Waals surface area contributed by atoms with Gasteiger partial charge in [0.05, 0.1) is 10.6 Å². The smallest absolute Gasteiger partial charge is 0.264 e. The van der Waals surface area contributed by atoms with Crippen LogP contribution < -0.4 is 10.1 Å². The van der Waals surface area contributed by atoms with Gasteiger partial charge in [-0.05, 0) is 85.1 Å². The Morgan fingerprint density at radius 1 is 1.03 bits per heavy atom. The van der Waals surface area contributed by atoms with Crippen molar-refractivity contribution >= 4 is 50.5 Å². The number of amides is 1. The first-order valence-corrected chi connectivity index (χ1v) is 11.8. The van der Waals surface area contributed by atoms with Crippen LogP contribution in [0.3, 0.4) is 0 Å². The van der Waals surface area contributed by atoms with Crippen LogP contribution in [0.25, 0.3) is 6.08 Å². The van der Waals surface area contributed by atoms with Crippen LogP contribution in [0.4, 0.5) is 5.69 Å². The van der Waals surface area contributed by atoms with Crippen LogP contribution in [0.1, 0.15) is 27.8 Å². The minimum absolute atomic E-state index is 0.140. The molecule has 1 aliphatic rings. The van der Waals surface area contributed by atoms with E-state index in [0.29, 0.717) is 16.7 Å². The first-order chi connectivity index (χ1) is 15.4. The lowest BCUT2D eigenvalue weighted by molar-refractivity contribution is -0.115. The van der Waals surface area contributed by atoms with E-state index in [-0.39, 0.29) is 5.91 Å².